The van der Waals surface area contributed by atoms with E-state index in [1.807, 2.05) is 0 Å². The van der Waals surface area contributed by atoms with Crippen LogP contribution in [0.25, 0.3) is 0 Å². The lowest BCUT2D eigenvalue weighted by Gasteiger charge is -2.18. The molecular formula is C57H100O6S. The zero-order chi connectivity index (χ0) is 46.7. The van der Waals surface area contributed by atoms with Crippen LogP contribution >= 0.6 is 11.8 Å². The number of esters is 3. The highest BCUT2D eigenvalue weighted by atomic mass is 32.2. The summed E-state index contributed by atoms with van der Waals surface area (Å²) in [4.78, 5) is 38.1. The average molecular weight is 913 g/mol. The van der Waals surface area contributed by atoms with Gasteiger partial charge in [0.2, 0.25) is 0 Å². The van der Waals surface area contributed by atoms with Gasteiger partial charge in [-0.3, -0.25) is 14.4 Å². The van der Waals surface area contributed by atoms with Crippen LogP contribution < -0.4 is 0 Å². The molecule has 0 rings (SSSR count). The number of unbranched alkanes of at least 4 members (excludes halogenated alkanes) is 23. The molecule has 0 amide bonds. The summed E-state index contributed by atoms with van der Waals surface area (Å²) < 4.78 is 16.8. The van der Waals surface area contributed by atoms with Gasteiger partial charge in [-0.2, -0.15) is 11.8 Å². The van der Waals surface area contributed by atoms with E-state index in [4.69, 9.17) is 14.2 Å². The minimum absolute atomic E-state index is 0.0914. The Balaban J connectivity index is 4.47. The summed E-state index contributed by atoms with van der Waals surface area (Å²) in [5.41, 5.74) is 0. The van der Waals surface area contributed by atoms with Gasteiger partial charge in [-0.15, -0.1) is 0 Å². The number of ether oxygens (including phenoxy) is 3. The SMILES string of the molecule is CCCCC/C=C/C/C=C/CCCCCCCC(=O)OCC(COC(=O)CCCCCCC/C=C/CSC(C)CCCCC)OC(=O)CCCCCCC/C=C/C/C=C/CCCCC. The molecule has 0 fully saturated rings. The molecule has 0 saturated carbocycles. The van der Waals surface area contributed by atoms with Crippen molar-refractivity contribution in [1.82, 2.24) is 0 Å². The lowest BCUT2D eigenvalue weighted by molar-refractivity contribution is -0.167. The summed E-state index contributed by atoms with van der Waals surface area (Å²) in [5.74, 6) is 0.178. The fraction of sp³-hybridized carbons (Fsp3) is 0.772. The van der Waals surface area contributed by atoms with Crippen molar-refractivity contribution in [2.75, 3.05) is 19.0 Å². The van der Waals surface area contributed by atoms with Crippen LogP contribution in [0.4, 0.5) is 0 Å². The average Bonchev–Trinajstić information content (AvgIpc) is 3.29. The largest absolute Gasteiger partial charge is 0.462 e. The highest BCUT2D eigenvalue weighted by Crippen LogP contribution is 2.18. The van der Waals surface area contributed by atoms with Crippen molar-refractivity contribution in [2.45, 2.75) is 264 Å². The number of hydrogen-bond donors (Lipinski definition) is 0. The summed E-state index contributed by atoms with van der Waals surface area (Å²) in [6, 6.07) is 0. The Hall–Kier alpha value is -2.54. The molecule has 0 aliphatic rings. The predicted octanol–water partition coefficient (Wildman–Crippen LogP) is 17.6. The predicted molar refractivity (Wildman–Crippen MR) is 278 cm³/mol. The second-order valence-corrected chi connectivity index (χ2v) is 19.3. The summed E-state index contributed by atoms with van der Waals surface area (Å²) in [6.07, 6.45) is 59.3. The summed E-state index contributed by atoms with van der Waals surface area (Å²) in [7, 11) is 0. The highest BCUT2D eigenvalue weighted by Gasteiger charge is 2.19. The molecule has 0 spiro atoms. The van der Waals surface area contributed by atoms with E-state index < -0.39 is 6.10 Å². The van der Waals surface area contributed by atoms with E-state index in [0.717, 1.165) is 133 Å². The number of carbonyl (C=O) groups is 3. The Morgan fingerprint density at radius 2 is 0.750 bits per heavy atom. The monoisotopic (exact) mass is 913 g/mol. The number of carbonyl (C=O) groups excluding carboxylic acids is 3. The van der Waals surface area contributed by atoms with Crippen LogP contribution in [0.5, 0.6) is 0 Å². The van der Waals surface area contributed by atoms with Gasteiger partial charge < -0.3 is 14.2 Å². The first-order valence-corrected chi connectivity index (χ1v) is 27.8. The van der Waals surface area contributed by atoms with E-state index in [-0.39, 0.29) is 31.1 Å². The first-order chi connectivity index (χ1) is 31.4. The van der Waals surface area contributed by atoms with Gasteiger partial charge in [-0.1, -0.05) is 191 Å². The van der Waals surface area contributed by atoms with Gasteiger partial charge in [-0.25, -0.2) is 0 Å². The molecule has 6 nitrogen and oxygen atoms in total. The molecule has 0 aliphatic heterocycles. The zero-order valence-electron chi connectivity index (χ0n) is 42.2. The van der Waals surface area contributed by atoms with Gasteiger partial charge in [0.15, 0.2) is 6.10 Å². The minimum Gasteiger partial charge on any atom is -0.462 e. The third-order valence-electron chi connectivity index (χ3n) is 11.4. The molecule has 2 unspecified atom stereocenters. The minimum atomic E-state index is -0.793. The van der Waals surface area contributed by atoms with Crippen molar-refractivity contribution in [3.8, 4) is 0 Å². The lowest BCUT2D eigenvalue weighted by atomic mass is 10.1. The van der Waals surface area contributed by atoms with Crippen molar-refractivity contribution in [3.05, 3.63) is 60.8 Å². The molecule has 0 N–H and O–H groups in total. The molecule has 2 atom stereocenters. The van der Waals surface area contributed by atoms with E-state index in [1.165, 1.54) is 83.5 Å². The molecule has 0 aromatic carbocycles. The van der Waals surface area contributed by atoms with Gasteiger partial charge in [0.25, 0.3) is 0 Å². The Bertz CT molecular complexity index is 1190. The molecule has 0 bridgehead atoms. The van der Waals surface area contributed by atoms with Gasteiger partial charge in [0.1, 0.15) is 13.2 Å². The van der Waals surface area contributed by atoms with Crippen molar-refractivity contribution < 1.29 is 28.6 Å². The summed E-state index contributed by atoms with van der Waals surface area (Å²) in [6.45, 7) is 8.89. The van der Waals surface area contributed by atoms with Gasteiger partial charge in [-0.05, 0) is 103 Å². The number of rotatable bonds is 48. The normalized spacial score (nSPS) is 13.0. The Morgan fingerprint density at radius 1 is 0.406 bits per heavy atom. The lowest BCUT2D eigenvalue weighted by Crippen LogP contribution is -2.30. The number of allylic oxidation sites excluding steroid dienone is 9. The first kappa shape index (κ1) is 61.5. The smallest absolute Gasteiger partial charge is 0.306 e. The molecular weight excluding hydrogens is 813 g/mol. The molecule has 7 heteroatoms. The van der Waals surface area contributed by atoms with Crippen LogP contribution in [0.2, 0.25) is 0 Å². The second kappa shape index (κ2) is 51.4. The van der Waals surface area contributed by atoms with Crippen LogP contribution in [0.3, 0.4) is 0 Å². The van der Waals surface area contributed by atoms with Crippen molar-refractivity contribution in [1.29, 1.82) is 0 Å². The molecule has 0 aromatic heterocycles. The zero-order valence-corrected chi connectivity index (χ0v) is 43.0. The Kier molecular flexibility index (Phi) is 49.4. The third-order valence-corrected chi connectivity index (χ3v) is 12.6. The Morgan fingerprint density at radius 3 is 1.17 bits per heavy atom. The molecule has 64 heavy (non-hydrogen) atoms. The molecule has 0 aliphatic carbocycles. The van der Waals surface area contributed by atoms with Crippen molar-refractivity contribution in [3.63, 3.8) is 0 Å². The van der Waals surface area contributed by atoms with Gasteiger partial charge in [0.05, 0.1) is 0 Å². The van der Waals surface area contributed by atoms with Crippen LogP contribution in [0.15, 0.2) is 60.8 Å². The van der Waals surface area contributed by atoms with E-state index in [2.05, 4.69) is 100 Å². The fourth-order valence-electron chi connectivity index (χ4n) is 7.27. The van der Waals surface area contributed by atoms with E-state index in [0.29, 0.717) is 19.3 Å². The van der Waals surface area contributed by atoms with Crippen LogP contribution in [0.1, 0.15) is 252 Å². The van der Waals surface area contributed by atoms with Gasteiger partial charge >= 0.3 is 17.9 Å². The molecule has 370 valence electrons. The molecule has 0 radical (unpaired) electrons. The maximum atomic E-state index is 12.8. The standard InChI is InChI=1S/C57H100O6S/c1-5-8-11-13-15-17-19-21-23-25-27-29-33-37-42-47-55(58)61-51-54(63-57(60)49-44-39-35-30-28-26-24-22-20-18-16-14-12-9-6-2)52-62-56(59)48-43-38-34-31-32-36-40-45-50-64-53(4)46-41-10-7-3/h15-18,21-24,40,45,53-54H,5-14,19-20,25-39,41-44,46-52H2,1-4H3/b17-15+,18-16+,23-21+,24-22+,45-40+. The van der Waals surface area contributed by atoms with Gasteiger partial charge in [0, 0.05) is 30.3 Å². The number of thioether (sulfide) groups is 1. The van der Waals surface area contributed by atoms with Crippen molar-refractivity contribution in [2.24, 2.45) is 0 Å². The maximum Gasteiger partial charge on any atom is 0.306 e. The van der Waals surface area contributed by atoms with E-state index in [9.17, 15) is 14.4 Å². The van der Waals surface area contributed by atoms with Crippen LogP contribution in [-0.2, 0) is 28.6 Å². The first-order valence-electron chi connectivity index (χ1n) is 26.8. The Labute approximate surface area is 400 Å². The third kappa shape index (κ3) is 48.9. The highest BCUT2D eigenvalue weighted by molar-refractivity contribution is 8.00. The molecule has 0 heterocycles. The van der Waals surface area contributed by atoms with Crippen LogP contribution in [0, 0.1) is 0 Å². The fourth-order valence-corrected chi connectivity index (χ4v) is 8.18. The molecule has 0 aromatic rings. The van der Waals surface area contributed by atoms with Crippen LogP contribution in [-0.4, -0.2) is 48.2 Å². The van der Waals surface area contributed by atoms with E-state index >= 15 is 0 Å². The van der Waals surface area contributed by atoms with E-state index in [1.54, 1.807) is 0 Å². The summed E-state index contributed by atoms with van der Waals surface area (Å²) in [5, 5.41) is 0.739. The topological polar surface area (TPSA) is 78.9 Å². The second-order valence-electron chi connectivity index (χ2n) is 17.9. The molecule has 0 saturated heterocycles. The summed E-state index contributed by atoms with van der Waals surface area (Å²) >= 11 is 2.05. The van der Waals surface area contributed by atoms with Crippen molar-refractivity contribution >= 4 is 29.7 Å². The number of hydrogen-bond acceptors (Lipinski definition) is 7. The quantitative estimate of drug-likeness (QED) is 0.0260. The maximum absolute atomic E-state index is 12.8.